The molecular formula is C19H25Cl2N7O. The number of rotatable bonds is 4. The van der Waals surface area contributed by atoms with Crippen LogP contribution in [0.3, 0.4) is 0 Å². The van der Waals surface area contributed by atoms with Crippen LogP contribution in [0.2, 0.25) is 0 Å². The average Bonchev–Trinajstić information content (AvgIpc) is 3.14. The number of hydrogen-bond acceptors (Lipinski definition) is 6. The first kappa shape index (κ1) is 23.0. The van der Waals surface area contributed by atoms with Crippen LogP contribution in [0.25, 0.3) is 5.78 Å². The molecule has 0 atom stereocenters. The van der Waals surface area contributed by atoms with Crippen molar-refractivity contribution in [1.82, 2.24) is 35.2 Å². The molecule has 0 aliphatic carbocycles. The van der Waals surface area contributed by atoms with Crippen molar-refractivity contribution in [3.05, 3.63) is 52.4 Å². The summed E-state index contributed by atoms with van der Waals surface area (Å²) in [4.78, 5) is 25.8. The lowest BCUT2D eigenvalue weighted by atomic mass is 9.96. The van der Waals surface area contributed by atoms with Crippen LogP contribution in [0.4, 0.5) is 0 Å². The van der Waals surface area contributed by atoms with Crippen LogP contribution < -0.4 is 10.6 Å². The normalized spacial score (nSPS) is 12.8. The molecule has 4 heterocycles. The molecule has 10 heteroatoms. The molecular weight excluding hydrogens is 413 g/mol. The lowest BCUT2D eigenvalue weighted by Crippen LogP contribution is -2.29. The molecule has 3 aromatic rings. The van der Waals surface area contributed by atoms with E-state index >= 15 is 0 Å². The second-order valence-corrected chi connectivity index (χ2v) is 7.13. The monoisotopic (exact) mass is 437 g/mol. The Kier molecular flexibility index (Phi) is 7.51. The van der Waals surface area contributed by atoms with Crippen LogP contribution in [-0.4, -0.2) is 37.0 Å². The highest BCUT2D eigenvalue weighted by Gasteiger charge is 2.18. The van der Waals surface area contributed by atoms with Crippen molar-refractivity contribution >= 4 is 36.5 Å². The minimum atomic E-state index is -0.215. The number of fused-ring (bicyclic) bond motifs is 2. The SMILES string of the molecule is Cc1ncc2c(c1CNC(=O)c1cc(C(C)C)n3ncnc3n1)CCNC2.Cl.Cl. The minimum Gasteiger partial charge on any atom is -0.347 e. The van der Waals surface area contributed by atoms with E-state index in [0.717, 1.165) is 36.5 Å². The third-order valence-electron chi connectivity index (χ3n) is 5.00. The number of nitrogens with one attached hydrogen (secondary N) is 2. The van der Waals surface area contributed by atoms with Gasteiger partial charge < -0.3 is 10.6 Å². The van der Waals surface area contributed by atoms with Gasteiger partial charge in [0.2, 0.25) is 0 Å². The Morgan fingerprint density at radius 2 is 2.10 bits per heavy atom. The number of amides is 1. The molecule has 3 aromatic heterocycles. The number of hydrogen-bond donors (Lipinski definition) is 2. The van der Waals surface area contributed by atoms with Gasteiger partial charge in [0.1, 0.15) is 12.0 Å². The number of nitrogens with zero attached hydrogens (tertiary/aromatic N) is 5. The van der Waals surface area contributed by atoms with Gasteiger partial charge in [-0.15, -0.1) is 24.8 Å². The molecule has 1 aliphatic rings. The Hall–Kier alpha value is -2.29. The molecule has 0 saturated carbocycles. The molecule has 29 heavy (non-hydrogen) atoms. The highest BCUT2D eigenvalue weighted by Crippen LogP contribution is 2.21. The number of halogens is 2. The molecule has 0 saturated heterocycles. The zero-order chi connectivity index (χ0) is 19.0. The molecule has 4 rings (SSSR count). The topological polar surface area (TPSA) is 97.1 Å². The predicted molar refractivity (Wildman–Crippen MR) is 115 cm³/mol. The van der Waals surface area contributed by atoms with Crippen molar-refractivity contribution in [2.75, 3.05) is 6.54 Å². The number of carbonyl (C=O) groups excluding carboxylic acids is 1. The lowest BCUT2D eigenvalue weighted by molar-refractivity contribution is 0.0945. The number of pyridine rings is 1. The smallest absolute Gasteiger partial charge is 0.270 e. The highest BCUT2D eigenvalue weighted by atomic mass is 35.5. The predicted octanol–water partition coefficient (Wildman–Crippen LogP) is 2.37. The Bertz CT molecular complexity index is 1020. The summed E-state index contributed by atoms with van der Waals surface area (Å²) in [6, 6.07) is 1.79. The fourth-order valence-corrected chi connectivity index (χ4v) is 3.50. The summed E-state index contributed by atoms with van der Waals surface area (Å²) in [5.74, 6) is 0.421. The largest absolute Gasteiger partial charge is 0.347 e. The molecule has 0 spiro atoms. The van der Waals surface area contributed by atoms with E-state index in [1.165, 1.54) is 17.5 Å². The van der Waals surface area contributed by atoms with E-state index in [4.69, 9.17) is 0 Å². The van der Waals surface area contributed by atoms with Gasteiger partial charge in [-0.2, -0.15) is 10.1 Å². The Balaban J connectivity index is 0.00000150. The molecule has 0 aromatic carbocycles. The maximum absolute atomic E-state index is 12.8. The average molecular weight is 438 g/mol. The molecule has 8 nitrogen and oxygen atoms in total. The first-order chi connectivity index (χ1) is 13.0. The van der Waals surface area contributed by atoms with Crippen molar-refractivity contribution in [3.8, 4) is 0 Å². The second-order valence-electron chi connectivity index (χ2n) is 7.13. The van der Waals surface area contributed by atoms with Gasteiger partial charge in [0.15, 0.2) is 0 Å². The third kappa shape index (κ3) is 4.49. The summed E-state index contributed by atoms with van der Waals surface area (Å²) in [5.41, 5.74) is 5.83. The first-order valence-electron chi connectivity index (χ1n) is 9.20. The minimum absolute atomic E-state index is 0. The summed E-state index contributed by atoms with van der Waals surface area (Å²) in [6.45, 7) is 8.31. The van der Waals surface area contributed by atoms with E-state index in [9.17, 15) is 4.79 Å². The molecule has 1 aliphatic heterocycles. The van der Waals surface area contributed by atoms with E-state index < -0.39 is 0 Å². The standard InChI is InChI=1S/C19H23N7O.2ClH/c1-11(2)17-6-16(25-19-23-10-24-26(17)19)18(27)22-9-15-12(3)21-8-13-7-20-5-4-14(13)15;;/h6,8,10-11,20H,4-5,7,9H2,1-3H3,(H,22,27);2*1H. The molecule has 0 fully saturated rings. The van der Waals surface area contributed by atoms with Gasteiger partial charge in [-0.3, -0.25) is 9.78 Å². The number of aryl methyl sites for hydroxylation is 1. The Morgan fingerprint density at radius 3 is 2.86 bits per heavy atom. The summed E-state index contributed by atoms with van der Waals surface area (Å²) >= 11 is 0. The summed E-state index contributed by atoms with van der Waals surface area (Å²) in [7, 11) is 0. The zero-order valence-corrected chi connectivity index (χ0v) is 18.2. The molecule has 0 radical (unpaired) electrons. The van der Waals surface area contributed by atoms with E-state index in [1.54, 1.807) is 10.6 Å². The summed E-state index contributed by atoms with van der Waals surface area (Å²) in [5, 5.41) is 10.6. The van der Waals surface area contributed by atoms with Crippen molar-refractivity contribution in [2.45, 2.75) is 46.2 Å². The van der Waals surface area contributed by atoms with Crippen LogP contribution in [0, 0.1) is 6.92 Å². The van der Waals surface area contributed by atoms with Crippen LogP contribution in [0.1, 0.15) is 58.3 Å². The van der Waals surface area contributed by atoms with Gasteiger partial charge in [0.05, 0.1) is 5.69 Å². The summed E-state index contributed by atoms with van der Waals surface area (Å²) in [6.07, 6.45) is 4.33. The van der Waals surface area contributed by atoms with Crippen LogP contribution in [-0.2, 0) is 19.5 Å². The van der Waals surface area contributed by atoms with Crippen LogP contribution >= 0.6 is 24.8 Å². The maximum Gasteiger partial charge on any atom is 0.270 e. The Labute approximate surface area is 181 Å². The van der Waals surface area contributed by atoms with Gasteiger partial charge >= 0.3 is 0 Å². The highest BCUT2D eigenvalue weighted by molar-refractivity contribution is 5.92. The first-order valence-corrected chi connectivity index (χ1v) is 9.20. The fourth-order valence-electron chi connectivity index (χ4n) is 3.50. The molecule has 2 N–H and O–H groups in total. The van der Waals surface area contributed by atoms with Crippen molar-refractivity contribution in [1.29, 1.82) is 0 Å². The lowest BCUT2D eigenvalue weighted by Gasteiger charge is -2.21. The van der Waals surface area contributed by atoms with Gasteiger partial charge in [-0.25, -0.2) is 9.50 Å². The summed E-state index contributed by atoms with van der Waals surface area (Å²) < 4.78 is 1.68. The maximum atomic E-state index is 12.8. The van der Waals surface area contributed by atoms with Crippen LogP contribution in [0.15, 0.2) is 18.6 Å². The quantitative estimate of drug-likeness (QED) is 0.649. The molecule has 1 amide bonds. The van der Waals surface area contributed by atoms with Crippen molar-refractivity contribution in [3.63, 3.8) is 0 Å². The van der Waals surface area contributed by atoms with Gasteiger partial charge in [0, 0.05) is 25.0 Å². The third-order valence-corrected chi connectivity index (χ3v) is 5.00. The van der Waals surface area contributed by atoms with Crippen molar-refractivity contribution < 1.29 is 4.79 Å². The van der Waals surface area contributed by atoms with Gasteiger partial charge in [0.25, 0.3) is 11.7 Å². The number of aromatic nitrogens is 5. The van der Waals surface area contributed by atoms with E-state index in [0.29, 0.717) is 18.0 Å². The van der Waals surface area contributed by atoms with Crippen molar-refractivity contribution in [2.24, 2.45) is 0 Å². The zero-order valence-electron chi connectivity index (χ0n) is 16.6. The molecule has 0 unspecified atom stereocenters. The second kappa shape index (κ2) is 9.47. The molecule has 156 valence electrons. The van der Waals surface area contributed by atoms with E-state index in [2.05, 4.69) is 44.5 Å². The number of carbonyl (C=O) groups is 1. The molecule has 0 bridgehead atoms. The van der Waals surface area contributed by atoms with Crippen LogP contribution in [0.5, 0.6) is 0 Å². The van der Waals surface area contributed by atoms with E-state index in [1.807, 2.05) is 13.1 Å². The fraction of sp³-hybridized carbons (Fsp3) is 0.421. The van der Waals surface area contributed by atoms with E-state index in [-0.39, 0.29) is 36.6 Å². The van der Waals surface area contributed by atoms with Gasteiger partial charge in [-0.05, 0) is 48.6 Å². The van der Waals surface area contributed by atoms with Gasteiger partial charge in [-0.1, -0.05) is 13.8 Å². The Morgan fingerprint density at radius 1 is 1.31 bits per heavy atom.